The van der Waals surface area contributed by atoms with Crippen molar-refractivity contribution in [3.05, 3.63) is 46.0 Å². The van der Waals surface area contributed by atoms with Gasteiger partial charge in [-0.3, -0.25) is 0 Å². The maximum Gasteiger partial charge on any atom is 0.159 e. The molecule has 1 fully saturated rings. The zero-order chi connectivity index (χ0) is 16.7. The van der Waals surface area contributed by atoms with E-state index in [1.54, 1.807) is 16.9 Å². The summed E-state index contributed by atoms with van der Waals surface area (Å²) in [5.41, 5.74) is 2.17. The lowest BCUT2D eigenvalue weighted by molar-refractivity contribution is 0.460. The zero-order valence-electron chi connectivity index (χ0n) is 13.3. The summed E-state index contributed by atoms with van der Waals surface area (Å²) in [5.74, 6) is 1.76. The molecule has 0 amide bonds. The third-order valence-electron chi connectivity index (χ3n) is 4.48. The Balaban J connectivity index is 1.85. The number of hydrogen-bond donors (Lipinski definition) is 1. The van der Waals surface area contributed by atoms with E-state index in [9.17, 15) is 0 Å². The van der Waals surface area contributed by atoms with E-state index in [0.717, 1.165) is 41.9 Å². The molecule has 0 bridgehead atoms. The van der Waals surface area contributed by atoms with Crippen molar-refractivity contribution < 1.29 is 0 Å². The molecular formula is C17H17Cl2N5. The first kappa shape index (κ1) is 15.8. The normalized spacial score (nSPS) is 16.0. The fraction of sp³-hybridized carbons (Fsp3) is 0.353. The van der Waals surface area contributed by atoms with Gasteiger partial charge in [-0.2, -0.15) is 5.10 Å². The Morgan fingerprint density at radius 1 is 1.12 bits per heavy atom. The van der Waals surface area contributed by atoms with Gasteiger partial charge in [0.1, 0.15) is 11.0 Å². The first-order chi connectivity index (χ1) is 11.6. The maximum absolute atomic E-state index is 6.54. The Morgan fingerprint density at radius 2 is 1.92 bits per heavy atom. The molecule has 1 aliphatic rings. The molecule has 0 atom stereocenters. The number of fused-ring (bicyclic) bond motifs is 1. The van der Waals surface area contributed by atoms with Gasteiger partial charge in [-0.05, 0) is 56.5 Å². The molecule has 1 saturated heterocycles. The van der Waals surface area contributed by atoms with E-state index in [1.807, 2.05) is 13.0 Å². The maximum atomic E-state index is 6.54. The Bertz CT molecular complexity index is 879. The predicted octanol–water partition coefficient (Wildman–Crippen LogP) is 3.90. The molecule has 1 aliphatic heterocycles. The van der Waals surface area contributed by atoms with Crippen molar-refractivity contribution in [2.75, 3.05) is 13.1 Å². The molecule has 0 unspecified atom stereocenters. The lowest BCUT2D eigenvalue weighted by atomic mass is 9.90. The van der Waals surface area contributed by atoms with Crippen LogP contribution in [-0.4, -0.2) is 32.8 Å². The van der Waals surface area contributed by atoms with Crippen molar-refractivity contribution in [1.82, 2.24) is 25.1 Å². The van der Waals surface area contributed by atoms with Gasteiger partial charge in [0.2, 0.25) is 0 Å². The lowest BCUT2D eigenvalue weighted by Gasteiger charge is -2.24. The van der Waals surface area contributed by atoms with Crippen molar-refractivity contribution in [3.8, 4) is 5.82 Å². The number of halogens is 2. The van der Waals surface area contributed by atoms with Crippen molar-refractivity contribution in [2.24, 2.45) is 0 Å². The van der Waals surface area contributed by atoms with Crippen LogP contribution in [0.15, 0.2) is 24.4 Å². The SMILES string of the molecule is Cc1nc(Cl)cc(-n2ncc3cc(Cl)c(C4CCNCC4)cc32)n1. The molecule has 0 radical (unpaired) electrons. The molecule has 124 valence electrons. The molecule has 2 aromatic heterocycles. The molecule has 3 heterocycles. The van der Waals surface area contributed by atoms with Gasteiger partial charge in [-0.15, -0.1) is 0 Å². The Morgan fingerprint density at radius 3 is 2.67 bits per heavy atom. The fourth-order valence-corrected chi connectivity index (χ4v) is 3.86. The van der Waals surface area contributed by atoms with E-state index in [1.165, 1.54) is 5.56 Å². The van der Waals surface area contributed by atoms with Crippen molar-refractivity contribution in [1.29, 1.82) is 0 Å². The molecule has 0 aliphatic carbocycles. The Labute approximate surface area is 150 Å². The predicted molar refractivity (Wildman–Crippen MR) is 96.3 cm³/mol. The summed E-state index contributed by atoms with van der Waals surface area (Å²) in [6.07, 6.45) is 3.99. The second-order valence-corrected chi connectivity index (χ2v) is 6.90. The smallest absolute Gasteiger partial charge is 0.159 e. The number of nitrogens with one attached hydrogen (secondary N) is 1. The highest BCUT2D eigenvalue weighted by Crippen LogP contribution is 2.34. The Hall–Kier alpha value is -1.69. The highest BCUT2D eigenvalue weighted by atomic mass is 35.5. The number of aryl methyl sites for hydroxylation is 1. The first-order valence-corrected chi connectivity index (χ1v) is 8.77. The topological polar surface area (TPSA) is 55.6 Å². The lowest BCUT2D eigenvalue weighted by Crippen LogP contribution is -2.26. The number of hydrogen-bond acceptors (Lipinski definition) is 4. The Kier molecular flexibility index (Phi) is 4.16. The molecule has 1 N–H and O–H groups in total. The van der Waals surface area contributed by atoms with E-state index in [-0.39, 0.29) is 0 Å². The minimum atomic E-state index is 0.411. The molecule has 3 aromatic rings. The summed E-state index contributed by atoms with van der Waals surface area (Å²) in [6, 6.07) is 5.86. The number of nitrogens with zero attached hydrogens (tertiary/aromatic N) is 4. The highest BCUT2D eigenvalue weighted by Gasteiger charge is 2.20. The molecule has 5 nitrogen and oxygen atoms in total. The van der Waals surface area contributed by atoms with Crippen LogP contribution in [0.1, 0.15) is 30.1 Å². The third-order valence-corrected chi connectivity index (χ3v) is 5.00. The average Bonchev–Trinajstić information content (AvgIpc) is 2.96. The van der Waals surface area contributed by atoms with Crippen LogP contribution in [0, 0.1) is 6.92 Å². The third kappa shape index (κ3) is 2.88. The number of piperidine rings is 1. The second kappa shape index (κ2) is 6.31. The van der Waals surface area contributed by atoms with Crippen LogP contribution in [-0.2, 0) is 0 Å². The van der Waals surface area contributed by atoms with E-state index in [0.29, 0.717) is 22.7 Å². The van der Waals surface area contributed by atoms with Crippen molar-refractivity contribution in [2.45, 2.75) is 25.7 Å². The standard InChI is InChI=1S/C17H17Cl2N5/c1-10-22-16(19)8-17(23-10)24-15-7-13(11-2-4-20-5-3-11)14(18)6-12(15)9-21-24/h6-9,11,20H,2-5H2,1H3. The van der Waals surface area contributed by atoms with E-state index in [2.05, 4.69) is 26.4 Å². The minimum absolute atomic E-state index is 0.411. The van der Waals surface area contributed by atoms with Crippen LogP contribution in [0.4, 0.5) is 0 Å². The van der Waals surface area contributed by atoms with E-state index >= 15 is 0 Å². The molecular weight excluding hydrogens is 345 g/mol. The number of rotatable bonds is 2. The quantitative estimate of drug-likeness (QED) is 0.703. The van der Waals surface area contributed by atoms with Crippen LogP contribution in [0.5, 0.6) is 0 Å². The monoisotopic (exact) mass is 361 g/mol. The van der Waals surface area contributed by atoms with Crippen LogP contribution in [0.25, 0.3) is 16.7 Å². The van der Waals surface area contributed by atoms with Crippen LogP contribution in [0.3, 0.4) is 0 Å². The van der Waals surface area contributed by atoms with Gasteiger partial charge < -0.3 is 5.32 Å². The zero-order valence-corrected chi connectivity index (χ0v) is 14.8. The van der Waals surface area contributed by atoms with Gasteiger partial charge in [0, 0.05) is 16.5 Å². The van der Waals surface area contributed by atoms with Crippen LogP contribution < -0.4 is 5.32 Å². The van der Waals surface area contributed by atoms with Gasteiger partial charge in [-0.25, -0.2) is 14.6 Å². The summed E-state index contributed by atoms with van der Waals surface area (Å²) in [7, 11) is 0. The number of aromatic nitrogens is 4. The molecule has 0 saturated carbocycles. The minimum Gasteiger partial charge on any atom is -0.317 e. The summed E-state index contributed by atoms with van der Waals surface area (Å²) in [5, 5.41) is 10.1. The first-order valence-electron chi connectivity index (χ1n) is 8.01. The fourth-order valence-electron chi connectivity index (χ4n) is 3.32. The van der Waals surface area contributed by atoms with Gasteiger partial charge >= 0.3 is 0 Å². The molecule has 1 aromatic carbocycles. The summed E-state index contributed by atoms with van der Waals surface area (Å²) in [6.45, 7) is 3.87. The molecule has 24 heavy (non-hydrogen) atoms. The summed E-state index contributed by atoms with van der Waals surface area (Å²) >= 11 is 12.6. The highest BCUT2D eigenvalue weighted by molar-refractivity contribution is 6.32. The van der Waals surface area contributed by atoms with Crippen molar-refractivity contribution in [3.63, 3.8) is 0 Å². The van der Waals surface area contributed by atoms with E-state index in [4.69, 9.17) is 23.2 Å². The molecule has 0 spiro atoms. The largest absolute Gasteiger partial charge is 0.317 e. The van der Waals surface area contributed by atoms with Crippen LogP contribution in [0.2, 0.25) is 10.2 Å². The second-order valence-electron chi connectivity index (χ2n) is 6.11. The van der Waals surface area contributed by atoms with Crippen LogP contribution >= 0.6 is 23.2 Å². The summed E-state index contributed by atoms with van der Waals surface area (Å²) < 4.78 is 1.80. The van der Waals surface area contributed by atoms with Gasteiger partial charge in [0.15, 0.2) is 5.82 Å². The van der Waals surface area contributed by atoms with Gasteiger partial charge in [0.05, 0.1) is 11.7 Å². The molecule has 4 rings (SSSR count). The van der Waals surface area contributed by atoms with Crippen molar-refractivity contribution >= 4 is 34.1 Å². The van der Waals surface area contributed by atoms with Gasteiger partial charge in [0.25, 0.3) is 0 Å². The summed E-state index contributed by atoms with van der Waals surface area (Å²) in [4.78, 5) is 8.57. The molecule has 7 heteroatoms. The van der Waals surface area contributed by atoms with E-state index < -0.39 is 0 Å². The average molecular weight is 362 g/mol. The van der Waals surface area contributed by atoms with Gasteiger partial charge in [-0.1, -0.05) is 23.2 Å². The number of benzene rings is 1.